The molecule has 0 aliphatic carbocycles. The highest BCUT2D eigenvalue weighted by atomic mass is 16.5. The maximum atomic E-state index is 9.20. The molecule has 1 atom stereocenters. The molecular weight excluding hydrogens is 354 g/mol. The zero-order valence-corrected chi connectivity index (χ0v) is 16.1. The van der Waals surface area contributed by atoms with E-state index in [0.717, 1.165) is 75.3 Å². The number of anilines is 3. The number of nitriles is 1. The molecule has 0 aromatic carbocycles. The van der Waals surface area contributed by atoms with Gasteiger partial charge in [0.15, 0.2) is 0 Å². The van der Waals surface area contributed by atoms with Gasteiger partial charge in [0.05, 0.1) is 13.2 Å². The molecule has 4 rings (SSSR count). The minimum atomic E-state index is 0.261. The summed E-state index contributed by atoms with van der Waals surface area (Å²) in [6, 6.07) is 8.37. The molecule has 2 aromatic heterocycles. The van der Waals surface area contributed by atoms with E-state index in [1.54, 1.807) is 6.33 Å². The number of rotatable bonds is 4. The Balaban J connectivity index is 1.44. The number of ether oxygens (including phenoxy) is 1. The highest BCUT2D eigenvalue weighted by Crippen LogP contribution is 2.23. The third kappa shape index (κ3) is 4.15. The molecule has 4 heterocycles. The van der Waals surface area contributed by atoms with E-state index in [1.807, 2.05) is 19.1 Å². The summed E-state index contributed by atoms with van der Waals surface area (Å²) >= 11 is 0. The third-order valence-corrected chi connectivity index (χ3v) is 5.27. The normalized spacial score (nSPS) is 19.9. The Hall–Kier alpha value is -2.92. The fraction of sp³-hybridized carbons (Fsp3) is 0.500. The van der Waals surface area contributed by atoms with Crippen LogP contribution in [0.2, 0.25) is 0 Å². The Morgan fingerprint density at radius 1 is 1.14 bits per heavy atom. The first-order valence-electron chi connectivity index (χ1n) is 9.77. The maximum Gasteiger partial charge on any atom is 0.145 e. The number of nitrogens with zero attached hydrogens (tertiary/aromatic N) is 6. The predicted molar refractivity (Wildman–Crippen MR) is 108 cm³/mol. The summed E-state index contributed by atoms with van der Waals surface area (Å²) in [4.78, 5) is 17.9. The summed E-state index contributed by atoms with van der Waals surface area (Å²) < 4.78 is 5.43. The van der Waals surface area contributed by atoms with E-state index in [9.17, 15) is 5.26 Å². The van der Waals surface area contributed by atoms with Crippen LogP contribution in [0.25, 0.3) is 0 Å². The lowest BCUT2D eigenvalue weighted by atomic mass is 10.1. The molecule has 1 N–H and O–H groups in total. The van der Waals surface area contributed by atoms with Crippen LogP contribution in [0.5, 0.6) is 0 Å². The first kappa shape index (κ1) is 18.4. The number of hydrogen-bond donors (Lipinski definition) is 1. The number of aryl methyl sites for hydroxylation is 1. The molecular formula is C20H25N7O. The van der Waals surface area contributed by atoms with Gasteiger partial charge in [-0.25, -0.2) is 15.0 Å². The molecule has 1 unspecified atom stereocenters. The van der Waals surface area contributed by atoms with E-state index >= 15 is 0 Å². The Morgan fingerprint density at radius 3 is 2.71 bits per heavy atom. The van der Waals surface area contributed by atoms with Crippen molar-refractivity contribution in [1.82, 2.24) is 15.0 Å². The molecule has 0 bridgehead atoms. The van der Waals surface area contributed by atoms with Crippen molar-refractivity contribution in [3.05, 3.63) is 35.8 Å². The van der Waals surface area contributed by atoms with Gasteiger partial charge < -0.3 is 19.9 Å². The van der Waals surface area contributed by atoms with E-state index < -0.39 is 0 Å². The number of hydrogen-bond acceptors (Lipinski definition) is 8. The minimum Gasteiger partial charge on any atom is -0.378 e. The third-order valence-electron chi connectivity index (χ3n) is 5.27. The Labute approximate surface area is 165 Å². The van der Waals surface area contributed by atoms with Crippen LogP contribution < -0.4 is 15.1 Å². The van der Waals surface area contributed by atoms with Crippen LogP contribution in [0.15, 0.2) is 24.5 Å². The molecule has 146 valence electrons. The van der Waals surface area contributed by atoms with Crippen LogP contribution in [0, 0.1) is 18.3 Å². The lowest BCUT2D eigenvalue weighted by molar-refractivity contribution is 0.122. The van der Waals surface area contributed by atoms with E-state index in [2.05, 4.69) is 42.2 Å². The number of pyridine rings is 1. The Bertz CT molecular complexity index is 860. The largest absolute Gasteiger partial charge is 0.378 e. The predicted octanol–water partition coefficient (Wildman–Crippen LogP) is 1.97. The van der Waals surface area contributed by atoms with Crippen molar-refractivity contribution in [2.75, 3.05) is 54.5 Å². The molecule has 2 aromatic rings. The summed E-state index contributed by atoms with van der Waals surface area (Å²) in [7, 11) is 0. The van der Waals surface area contributed by atoms with Crippen LogP contribution in [-0.2, 0) is 4.74 Å². The second kappa shape index (κ2) is 8.40. The van der Waals surface area contributed by atoms with Crippen molar-refractivity contribution in [3.63, 3.8) is 0 Å². The Kier molecular flexibility index (Phi) is 5.53. The van der Waals surface area contributed by atoms with Crippen molar-refractivity contribution in [1.29, 1.82) is 5.26 Å². The zero-order valence-electron chi connectivity index (χ0n) is 16.1. The molecule has 2 aliphatic rings. The van der Waals surface area contributed by atoms with E-state index in [-0.39, 0.29) is 6.04 Å². The van der Waals surface area contributed by atoms with E-state index in [0.29, 0.717) is 5.69 Å². The van der Waals surface area contributed by atoms with Crippen molar-refractivity contribution in [3.8, 4) is 6.07 Å². The lowest BCUT2D eigenvalue weighted by Gasteiger charge is -2.35. The quantitative estimate of drug-likeness (QED) is 0.862. The Morgan fingerprint density at radius 2 is 1.93 bits per heavy atom. The molecule has 0 radical (unpaired) electrons. The first-order valence-corrected chi connectivity index (χ1v) is 9.77. The zero-order chi connectivity index (χ0) is 19.3. The molecule has 0 spiro atoms. The number of aromatic nitrogens is 3. The van der Waals surface area contributed by atoms with Crippen molar-refractivity contribution >= 4 is 17.5 Å². The van der Waals surface area contributed by atoms with Crippen molar-refractivity contribution < 1.29 is 4.74 Å². The van der Waals surface area contributed by atoms with E-state index in [4.69, 9.17) is 4.74 Å². The SMILES string of the molecule is Cc1ccc(NC2CCCN(c3cc(N4CCOCC4)ncn3)C2)nc1C#N. The summed E-state index contributed by atoms with van der Waals surface area (Å²) in [5.74, 6) is 2.67. The molecule has 0 amide bonds. The average molecular weight is 379 g/mol. The number of nitrogens with one attached hydrogen (secondary N) is 1. The lowest BCUT2D eigenvalue weighted by Crippen LogP contribution is -2.43. The van der Waals surface area contributed by atoms with Crippen LogP contribution in [0.4, 0.5) is 17.5 Å². The van der Waals surface area contributed by atoms with Gasteiger partial charge in [-0.1, -0.05) is 6.07 Å². The summed E-state index contributed by atoms with van der Waals surface area (Å²) in [5.41, 5.74) is 1.37. The smallest absolute Gasteiger partial charge is 0.145 e. The van der Waals surface area contributed by atoms with Crippen LogP contribution in [0.1, 0.15) is 24.1 Å². The minimum absolute atomic E-state index is 0.261. The molecule has 28 heavy (non-hydrogen) atoms. The number of piperidine rings is 1. The molecule has 8 heteroatoms. The van der Waals surface area contributed by atoms with Gasteiger partial charge in [-0.15, -0.1) is 0 Å². The highest BCUT2D eigenvalue weighted by Gasteiger charge is 2.22. The van der Waals surface area contributed by atoms with Gasteiger partial charge in [0.1, 0.15) is 35.5 Å². The van der Waals surface area contributed by atoms with Gasteiger partial charge in [-0.3, -0.25) is 0 Å². The van der Waals surface area contributed by atoms with Gasteiger partial charge in [0.2, 0.25) is 0 Å². The molecule has 2 saturated heterocycles. The second-order valence-electron chi connectivity index (χ2n) is 7.24. The summed E-state index contributed by atoms with van der Waals surface area (Å²) in [6.45, 7) is 6.92. The maximum absolute atomic E-state index is 9.20. The van der Waals surface area contributed by atoms with Crippen molar-refractivity contribution in [2.45, 2.75) is 25.8 Å². The van der Waals surface area contributed by atoms with Gasteiger partial charge >= 0.3 is 0 Å². The monoisotopic (exact) mass is 379 g/mol. The fourth-order valence-corrected chi connectivity index (χ4v) is 3.71. The molecule has 2 fully saturated rings. The molecule has 2 aliphatic heterocycles. The number of morpholine rings is 1. The summed E-state index contributed by atoms with van der Waals surface area (Å²) in [6.07, 6.45) is 3.79. The van der Waals surface area contributed by atoms with Crippen molar-refractivity contribution in [2.24, 2.45) is 0 Å². The van der Waals surface area contributed by atoms with Gasteiger partial charge in [-0.2, -0.15) is 5.26 Å². The first-order chi connectivity index (χ1) is 13.7. The van der Waals surface area contributed by atoms with E-state index in [1.165, 1.54) is 0 Å². The highest BCUT2D eigenvalue weighted by molar-refractivity contribution is 5.51. The average Bonchev–Trinajstić information content (AvgIpc) is 2.76. The van der Waals surface area contributed by atoms with Gasteiger partial charge in [-0.05, 0) is 31.4 Å². The van der Waals surface area contributed by atoms with Gasteiger partial charge in [0.25, 0.3) is 0 Å². The second-order valence-corrected chi connectivity index (χ2v) is 7.24. The van der Waals surface area contributed by atoms with Gasteiger partial charge in [0, 0.05) is 38.3 Å². The standard InChI is InChI=1S/C20H25N7O/c1-15-4-5-18(25-17(15)12-21)24-16-3-2-6-27(13-16)20-11-19(22-14-23-20)26-7-9-28-10-8-26/h4-5,11,14,16H,2-3,6-10,13H2,1H3,(H,24,25). The van der Waals surface area contributed by atoms with Crippen LogP contribution in [-0.4, -0.2) is 60.4 Å². The van der Waals surface area contributed by atoms with Crippen LogP contribution in [0.3, 0.4) is 0 Å². The molecule has 8 nitrogen and oxygen atoms in total. The topological polar surface area (TPSA) is 90.2 Å². The summed E-state index contributed by atoms with van der Waals surface area (Å²) in [5, 5.41) is 12.7. The molecule has 0 saturated carbocycles. The van der Waals surface area contributed by atoms with Crippen LogP contribution >= 0.6 is 0 Å². The fourth-order valence-electron chi connectivity index (χ4n) is 3.71.